The van der Waals surface area contributed by atoms with Crippen LogP contribution in [0.3, 0.4) is 0 Å². The molecule has 0 bridgehead atoms. The Bertz CT molecular complexity index is 475. The van der Waals surface area contributed by atoms with Gasteiger partial charge in [0.05, 0.1) is 0 Å². The van der Waals surface area contributed by atoms with Crippen LogP contribution in [0.5, 0.6) is 0 Å². The molecule has 0 saturated heterocycles. The molecule has 1 aromatic carbocycles. The van der Waals surface area contributed by atoms with Gasteiger partial charge in [-0.2, -0.15) is 0 Å². The number of hydrogen-bond donors (Lipinski definition) is 3. The predicted octanol–water partition coefficient (Wildman–Crippen LogP) is 2.73. The van der Waals surface area contributed by atoms with Crippen molar-refractivity contribution in [2.75, 3.05) is 13.2 Å². The third kappa shape index (κ3) is 6.58. The molecule has 0 spiro atoms. The molecule has 0 fully saturated rings. The lowest BCUT2D eigenvalue weighted by atomic mass is 9.89. The predicted molar refractivity (Wildman–Crippen MR) is 81.5 cm³/mol. The van der Waals surface area contributed by atoms with Crippen molar-refractivity contribution < 1.29 is 14.3 Å². The normalized spacial score (nSPS) is 11.3. The number of amides is 2. The average Bonchev–Trinajstić information content (AvgIpc) is 2.45. The third-order valence-electron chi connectivity index (χ3n) is 3.42. The molecule has 0 aliphatic heterocycles. The molecule has 1 aromatic rings. The van der Waals surface area contributed by atoms with Gasteiger partial charge in [-0.25, -0.2) is 9.18 Å². The second kappa shape index (κ2) is 7.98. The van der Waals surface area contributed by atoms with Gasteiger partial charge in [0, 0.05) is 19.7 Å². The first-order valence-corrected chi connectivity index (χ1v) is 7.22. The maximum atomic E-state index is 13.1. The molecule has 0 radical (unpaired) electrons. The van der Waals surface area contributed by atoms with E-state index in [1.165, 1.54) is 6.07 Å². The molecule has 0 atom stereocenters. The summed E-state index contributed by atoms with van der Waals surface area (Å²) in [6.07, 6.45) is 1.66. The molecule has 0 aliphatic rings. The zero-order valence-electron chi connectivity index (χ0n) is 13.0. The number of benzene rings is 1. The van der Waals surface area contributed by atoms with Gasteiger partial charge >= 0.3 is 6.03 Å². The first-order chi connectivity index (χ1) is 9.84. The van der Waals surface area contributed by atoms with Crippen LogP contribution in [0.2, 0.25) is 0 Å². The highest BCUT2D eigenvalue weighted by Crippen LogP contribution is 2.20. The van der Waals surface area contributed by atoms with Crippen LogP contribution < -0.4 is 10.6 Å². The average molecular weight is 296 g/mol. The molecule has 2 amide bonds. The molecular weight excluding hydrogens is 271 g/mol. The number of carbonyl (C=O) groups is 1. The molecule has 3 N–H and O–H groups in total. The van der Waals surface area contributed by atoms with Gasteiger partial charge in [-0.3, -0.25) is 0 Å². The summed E-state index contributed by atoms with van der Waals surface area (Å²) in [5, 5.41) is 14.6. The SMILES string of the molecule is Cc1cc(CNC(=O)NCCCC(C)(C)CO)ccc1F. The number of carbonyl (C=O) groups excluding carboxylic acids is 1. The fourth-order valence-corrected chi connectivity index (χ4v) is 1.91. The van der Waals surface area contributed by atoms with E-state index in [1.807, 2.05) is 13.8 Å². The first-order valence-electron chi connectivity index (χ1n) is 7.22. The maximum absolute atomic E-state index is 13.1. The molecule has 5 heteroatoms. The van der Waals surface area contributed by atoms with Gasteiger partial charge < -0.3 is 15.7 Å². The number of urea groups is 1. The van der Waals surface area contributed by atoms with Gasteiger partial charge in [-0.1, -0.05) is 26.0 Å². The molecule has 118 valence electrons. The zero-order chi connectivity index (χ0) is 15.9. The second-order valence-corrected chi connectivity index (χ2v) is 6.12. The lowest BCUT2D eigenvalue weighted by molar-refractivity contribution is 0.148. The lowest BCUT2D eigenvalue weighted by Crippen LogP contribution is -2.36. The highest BCUT2D eigenvalue weighted by Gasteiger charge is 2.15. The molecular formula is C16H25FN2O2. The number of aryl methyl sites for hydroxylation is 1. The van der Waals surface area contributed by atoms with E-state index >= 15 is 0 Å². The summed E-state index contributed by atoms with van der Waals surface area (Å²) in [5.74, 6) is -0.241. The Kier molecular flexibility index (Phi) is 6.62. The Morgan fingerprint density at radius 1 is 1.33 bits per heavy atom. The van der Waals surface area contributed by atoms with Crippen molar-refractivity contribution in [2.24, 2.45) is 5.41 Å². The van der Waals surface area contributed by atoms with Crippen molar-refractivity contribution in [3.63, 3.8) is 0 Å². The number of rotatable bonds is 7. The minimum Gasteiger partial charge on any atom is -0.396 e. The monoisotopic (exact) mass is 296 g/mol. The van der Waals surface area contributed by atoms with E-state index in [1.54, 1.807) is 19.1 Å². The Morgan fingerprint density at radius 2 is 2.05 bits per heavy atom. The van der Waals surface area contributed by atoms with Gasteiger partial charge in [0.1, 0.15) is 5.82 Å². The Morgan fingerprint density at radius 3 is 2.67 bits per heavy atom. The quantitative estimate of drug-likeness (QED) is 0.678. The van der Waals surface area contributed by atoms with Crippen molar-refractivity contribution in [2.45, 2.75) is 40.2 Å². The van der Waals surface area contributed by atoms with Crippen LogP contribution >= 0.6 is 0 Å². The number of aliphatic hydroxyl groups excluding tert-OH is 1. The van der Waals surface area contributed by atoms with E-state index in [9.17, 15) is 9.18 Å². The molecule has 0 aliphatic carbocycles. The molecule has 0 unspecified atom stereocenters. The highest BCUT2D eigenvalue weighted by molar-refractivity contribution is 5.73. The summed E-state index contributed by atoms with van der Waals surface area (Å²) in [4.78, 5) is 11.6. The molecule has 21 heavy (non-hydrogen) atoms. The number of halogens is 1. The molecule has 0 saturated carbocycles. The van der Waals surface area contributed by atoms with Gasteiger partial charge in [-0.05, 0) is 42.4 Å². The summed E-state index contributed by atoms with van der Waals surface area (Å²) in [5.41, 5.74) is 1.33. The van der Waals surface area contributed by atoms with E-state index < -0.39 is 0 Å². The summed E-state index contributed by atoms with van der Waals surface area (Å²) >= 11 is 0. The molecule has 0 heterocycles. The first kappa shape index (κ1) is 17.4. The Balaban J connectivity index is 2.24. The van der Waals surface area contributed by atoms with E-state index in [4.69, 9.17) is 5.11 Å². The van der Waals surface area contributed by atoms with Gasteiger partial charge in [0.15, 0.2) is 0 Å². The van der Waals surface area contributed by atoms with Crippen molar-refractivity contribution in [3.05, 3.63) is 35.1 Å². The number of hydrogen-bond acceptors (Lipinski definition) is 2. The largest absolute Gasteiger partial charge is 0.396 e. The van der Waals surface area contributed by atoms with Crippen LogP contribution in [0.1, 0.15) is 37.8 Å². The van der Waals surface area contributed by atoms with Crippen LogP contribution in [0.4, 0.5) is 9.18 Å². The fraction of sp³-hybridized carbons (Fsp3) is 0.562. The van der Waals surface area contributed by atoms with Crippen LogP contribution in [-0.2, 0) is 6.54 Å². The zero-order valence-corrected chi connectivity index (χ0v) is 13.0. The van der Waals surface area contributed by atoms with Crippen LogP contribution in [-0.4, -0.2) is 24.3 Å². The van der Waals surface area contributed by atoms with Crippen LogP contribution in [0, 0.1) is 18.2 Å². The van der Waals surface area contributed by atoms with Crippen LogP contribution in [0.25, 0.3) is 0 Å². The molecule has 0 aromatic heterocycles. The van der Waals surface area contributed by atoms with Crippen LogP contribution in [0.15, 0.2) is 18.2 Å². The lowest BCUT2D eigenvalue weighted by Gasteiger charge is -2.21. The minimum absolute atomic E-state index is 0.107. The van der Waals surface area contributed by atoms with Crippen molar-refractivity contribution in [1.82, 2.24) is 10.6 Å². The van der Waals surface area contributed by atoms with Gasteiger partial charge in [-0.15, -0.1) is 0 Å². The Labute approximate surface area is 125 Å². The minimum atomic E-state index is -0.241. The fourth-order valence-electron chi connectivity index (χ4n) is 1.91. The standard InChI is InChI=1S/C16H25FN2O2/c1-12-9-13(5-6-14(12)17)10-19-15(21)18-8-4-7-16(2,3)11-20/h5-6,9,20H,4,7-8,10-11H2,1-3H3,(H2,18,19,21). The topological polar surface area (TPSA) is 61.4 Å². The van der Waals surface area contributed by atoms with E-state index in [0.29, 0.717) is 18.7 Å². The van der Waals surface area contributed by atoms with E-state index in [2.05, 4.69) is 10.6 Å². The summed E-state index contributed by atoms with van der Waals surface area (Å²) < 4.78 is 13.1. The smallest absolute Gasteiger partial charge is 0.315 e. The van der Waals surface area contributed by atoms with Gasteiger partial charge in [0.25, 0.3) is 0 Å². The molecule has 1 rings (SSSR count). The third-order valence-corrected chi connectivity index (χ3v) is 3.42. The van der Waals surface area contributed by atoms with E-state index in [0.717, 1.165) is 18.4 Å². The van der Waals surface area contributed by atoms with Crippen molar-refractivity contribution in [1.29, 1.82) is 0 Å². The summed E-state index contributed by atoms with van der Waals surface area (Å²) in [6, 6.07) is 4.55. The number of aliphatic hydroxyl groups is 1. The second-order valence-electron chi connectivity index (χ2n) is 6.12. The van der Waals surface area contributed by atoms with Gasteiger partial charge in [0.2, 0.25) is 0 Å². The highest BCUT2D eigenvalue weighted by atomic mass is 19.1. The van der Waals surface area contributed by atoms with Crippen molar-refractivity contribution in [3.8, 4) is 0 Å². The summed E-state index contributed by atoms with van der Waals surface area (Å²) in [6.45, 7) is 6.76. The molecule has 4 nitrogen and oxygen atoms in total. The van der Waals surface area contributed by atoms with Crippen molar-refractivity contribution >= 4 is 6.03 Å². The van der Waals surface area contributed by atoms with E-state index in [-0.39, 0.29) is 23.9 Å². The number of nitrogens with one attached hydrogen (secondary N) is 2. The summed E-state index contributed by atoms with van der Waals surface area (Å²) in [7, 11) is 0. The maximum Gasteiger partial charge on any atom is 0.315 e. The Hall–Kier alpha value is -1.62.